The van der Waals surface area contributed by atoms with E-state index in [-0.39, 0.29) is 17.4 Å². The van der Waals surface area contributed by atoms with Crippen LogP contribution in [0, 0.1) is 6.92 Å². The van der Waals surface area contributed by atoms with Gasteiger partial charge < -0.3 is 35.3 Å². The number of ether oxygens (including phenoxy) is 2. The molecule has 0 fully saturated rings. The second-order valence-electron chi connectivity index (χ2n) is 9.61. The molecule has 1 aliphatic heterocycles. The summed E-state index contributed by atoms with van der Waals surface area (Å²) in [6, 6.07) is 16.8. The number of ketones is 1. The molecule has 0 radical (unpaired) electrons. The van der Waals surface area contributed by atoms with Crippen molar-refractivity contribution in [3.05, 3.63) is 88.8 Å². The van der Waals surface area contributed by atoms with Crippen LogP contribution in [0.25, 0.3) is 17.0 Å². The van der Waals surface area contributed by atoms with Crippen LogP contribution in [0.1, 0.15) is 32.0 Å². The Morgan fingerprint density at radius 1 is 0.976 bits per heavy atom. The summed E-state index contributed by atoms with van der Waals surface area (Å²) in [7, 11) is 5.40. The monoisotopic (exact) mass is 553 g/mol. The molecular weight excluding hydrogens is 522 g/mol. The number of hydrogen-bond acceptors (Lipinski definition) is 6. The van der Waals surface area contributed by atoms with Crippen LogP contribution in [0.2, 0.25) is 0 Å². The number of Topliss-reactive ketones (excluding diaryl/α,β-unsaturated/α-hetero) is 1. The number of likely N-dealkylation sites (N-methyl/N-ethyl adjacent to an activating group) is 1. The van der Waals surface area contributed by atoms with E-state index < -0.39 is 6.03 Å². The summed E-state index contributed by atoms with van der Waals surface area (Å²) >= 11 is 0. The number of nitrogens with zero attached hydrogens (tertiary/aromatic N) is 1. The molecule has 0 spiro atoms. The maximum Gasteiger partial charge on any atom is 0.323 e. The molecule has 41 heavy (non-hydrogen) atoms. The Bertz CT molecular complexity index is 1690. The number of hydrogen-bond donors (Lipinski definition) is 4. The summed E-state index contributed by atoms with van der Waals surface area (Å²) in [5.41, 5.74) is 4.67. The number of methoxy groups -OCH3 is 1. The van der Waals surface area contributed by atoms with E-state index in [1.54, 1.807) is 55.7 Å². The number of aryl methyl sites for hydroxylation is 1. The molecule has 3 aromatic carbocycles. The van der Waals surface area contributed by atoms with E-state index in [4.69, 9.17) is 9.47 Å². The van der Waals surface area contributed by atoms with Gasteiger partial charge in [0.05, 0.1) is 12.7 Å². The molecule has 10 nitrogen and oxygen atoms in total. The highest BCUT2D eigenvalue weighted by Crippen LogP contribution is 2.36. The largest absolute Gasteiger partial charge is 0.497 e. The number of nitrogens with one attached hydrogen (secondary N) is 4. The molecule has 2 heterocycles. The minimum absolute atomic E-state index is 0.190. The normalized spacial score (nSPS) is 13.2. The van der Waals surface area contributed by atoms with Crippen molar-refractivity contribution in [2.75, 3.05) is 37.9 Å². The maximum atomic E-state index is 13.3. The number of fused-ring (bicyclic) bond motifs is 2. The van der Waals surface area contributed by atoms with Crippen LogP contribution in [0.15, 0.2) is 66.4 Å². The third-order valence-corrected chi connectivity index (χ3v) is 7.01. The second-order valence-corrected chi connectivity index (χ2v) is 9.61. The highest BCUT2D eigenvalue weighted by Gasteiger charge is 2.28. The van der Waals surface area contributed by atoms with E-state index in [2.05, 4.69) is 25.8 Å². The van der Waals surface area contributed by atoms with Gasteiger partial charge in [0.1, 0.15) is 11.5 Å². The first-order valence-electron chi connectivity index (χ1n) is 13.1. The number of allylic oxidation sites excluding steroid dienone is 1. The van der Waals surface area contributed by atoms with Crippen LogP contribution in [0.3, 0.4) is 0 Å². The van der Waals surface area contributed by atoms with Gasteiger partial charge in [-0.3, -0.25) is 9.59 Å². The van der Waals surface area contributed by atoms with Gasteiger partial charge in [-0.05, 0) is 80.7 Å². The van der Waals surface area contributed by atoms with Crippen molar-refractivity contribution in [2.24, 2.45) is 7.05 Å². The molecule has 10 heteroatoms. The van der Waals surface area contributed by atoms with Crippen molar-refractivity contribution in [3.8, 4) is 11.5 Å². The fourth-order valence-corrected chi connectivity index (χ4v) is 4.69. The van der Waals surface area contributed by atoms with Crippen molar-refractivity contribution in [3.63, 3.8) is 0 Å². The van der Waals surface area contributed by atoms with Gasteiger partial charge in [-0.1, -0.05) is 0 Å². The van der Waals surface area contributed by atoms with E-state index in [0.717, 1.165) is 27.9 Å². The Hall–Kier alpha value is -5.09. The lowest BCUT2D eigenvalue weighted by molar-refractivity contribution is 0.0953. The van der Waals surface area contributed by atoms with Crippen LogP contribution in [-0.4, -0.2) is 49.5 Å². The lowest BCUT2D eigenvalue weighted by Crippen LogP contribution is -2.30. The van der Waals surface area contributed by atoms with Crippen LogP contribution < -0.4 is 30.7 Å². The van der Waals surface area contributed by atoms with E-state index >= 15 is 0 Å². The molecule has 0 aliphatic carbocycles. The summed E-state index contributed by atoms with van der Waals surface area (Å²) in [5.74, 6) is 0.888. The molecule has 0 saturated carbocycles. The lowest BCUT2D eigenvalue weighted by atomic mass is 10.1. The molecule has 210 valence electrons. The zero-order valence-corrected chi connectivity index (χ0v) is 23.3. The number of benzene rings is 3. The highest BCUT2D eigenvalue weighted by molar-refractivity contribution is 6.16. The van der Waals surface area contributed by atoms with Crippen LogP contribution in [0.4, 0.5) is 16.2 Å². The quantitative estimate of drug-likeness (QED) is 0.185. The minimum atomic E-state index is -0.487. The zero-order valence-electron chi connectivity index (χ0n) is 23.3. The number of amides is 3. The van der Waals surface area contributed by atoms with Crippen molar-refractivity contribution in [1.82, 2.24) is 15.2 Å². The molecule has 3 amide bonds. The maximum absolute atomic E-state index is 13.3. The van der Waals surface area contributed by atoms with Crippen LogP contribution in [0.5, 0.6) is 11.5 Å². The van der Waals surface area contributed by atoms with E-state index in [0.29, 0.717) is 41.3 Å². The summed E-state index contributed by atoms with van der Waals surface area (Å²) in [6.45, 7) is 3.17. The van der Waals surface area contributed by atoms with Gasteiger partial charge in [0.15, 0.2) is 5.76 Å². The summed E-state index contributed by atoms with van der Waals surface area (Å²) in [5, 5.41) is 12.2. The third kappa shape index (κ3) is 5.64. The Balaban J connectivity index is 1.28. The second kappa shape index (κ2) is 11.6. The van der Waals surface area contributed by atoms with Gasteiger partial charge in [0.25, 0.3) is 5.91 Å². The fraction of sp³-hybridized carbons (Fsp3) is 0.194. The first kappa shape index (κ1) is 27.5. The average molecular weight is 554 g/mol. The van der Waals surface area contributed by atoms with Gasteiger partial charge in [-0.25, -0.2) is 4.79 Å². The summed E-state index contributed by atoms with van der Waals surface area (Å²) < 4.78 is 13.4. The molecule has 0 bridgehead atoms. The molecule has 4 N–H and O–H groups in total. The number of rotatable bonds is 8. The highest BCUT2D eigenvalue weighted by atomic mass is 16.5. The Labute approximate surface area is 237 Å². The Morgan fingerprint density at radius 3 is 2.44 bits per heavy atom. The lowest BCUT2D eigenvalue weighted by Gasteiger charge is -2.09. The minimum Gasteiger partial charge on any atom is -0.497 e. The first-order chi connectivity index (χ1) is 19.8. The molecular formula is C31H31N5O5. The molecule has 0 unspecified atom stereocenters. The standard InChI is InChI=1S/C31H31N5O5/c1-18-23(24-16-22(40-4)10-11-26(24)36(18)3)17-28-29(37)25-15-21(9-12-27(25)41-28)35-31(39)34-20-7-5-19(6-8-20)30(38)33-14-13-32-2/h5-12,15-17,32H,13-14H2,1-4H3,(H,33,38)(H2,34,35,39)/b28-17-. The Morgan fingerprint density at radius 2 is 1.71 bits per heavy atom. The predicted molar refractivity (Wildman–Crippen MR) is 159 cm³/mol. The van der Waals surface area contributed by atoms with E-state index in [1.165, 1.54) is 0 Å². The van der Waals surface area contributed by atoms with Crippen LogP contribution in [-0.2, 0) is 7.05 Å². The van der Waals surface area contributed by atoms with Gasteiger partial charge in [0.2, 0.25) is 5.78 Å². The van der Waals surface area contributed by atoms with Crippen molar-refractivity contribution in [1.29, 1.82) is 0 Å². The summed E-state index contributed by atoms with van der Waals surface area (Å²) in [6.07, 6.45) is 1.75. The van der Waals surface area contributed by atoms with Gasteiger partial charge in [0, 0.05) is 59.2 Å². The van der Waals surface area contributed by atoms with Gasteiger partial charge in [-0.15, -0.1) is 0 Å². The molecule has 4 aromatic rings. The fourth-order valence-electron chi connectivity index (χ4n) is 4.69. The molecule has 1 aromatic heterocycles. The molecule has 5 rings (SSSR count). The first-order valence-corrected chi connectivity index (χ1v) is 13.1. The Kier molecular flexibility index (Phi) is 7.75. The number of carbonyl (C=O) groups is 3. The molecule has 1 aliphatic rings. The van der Waals surface area contributed by atoms with Crippen molar-refractivity contribution in [2.45, 2.75) is 6.92 Å². The predicted octanol–water partition coefficient (Wildman–Crippen LogP) is 4.70. The van der Waals surface area contributed by atoms with Crippen LogP contribution >= 0.6 is 0 Å². The van der Waals surface area contributed by atoms with Crippen molar-refractivity contribution >= 4 is 46.1 Å². The molecule has 0 saturated heterocycles. The number of anilines is 2. The van der Waals surface area contributed by atoms with Gasteiger partial charge >= 0.3 is 6.03 Å². The van der Waals surface area contributed by atoms with E-state index in [1.807, 2.05) is 39.2 Å². The number of carbonyl (C=O) groups excluding carboxylic acids is 3. The zero-order chi connectivity index (χ0) is 29.1. The smallest absolute Gasteiger partial charge is 0.323 e. The van der Waals surface area contributed by atoms with Crippen molar-refractivity contribution < 1.29 is 23.9 Å². The third-order valence-electron chi connectivity index (χ3n) is 7.01. The number of aromatic nitrogens is 1. The molecule has 0 atom stereocenters. The average Bonchev–Trinajstić information content (AvgIpc) is 3.41. The summed E-state index contributed by atoms with van der Waals surface area (Å²) in [4.78, 5) is 38.1. The number of urea groups is 1. The van der Waals surface area contributed by atoms with Gasteiger partial charge in [-0.2, -0.15) is 0 Å². The topological polar surface area (TPSA) is 123 Å². The van der Waals surface area contributed by atoms with E-state index in [9.17, 15) is 14.4 Å². The SMILES string of the molecule is CNCCNC(=O)c1ccc(NC(=O)Nc2ccc3c(c2)C(=O)/C(=C/c2c(C)n(C)c4ccc(OC)cc24)O3)cc1.